The first kappa shape index (κ1) is 23.5. The summed E-state index contributed by atoms with van der Waals surface area (Å²) in [4.78, 5) is 51.1. The van der Waals surface area contributed by atoms with Crippen LogP contribution in [0, 0.1) is 13.8 Å². The molecule has 10 heteroatoms. The van der Waals surface area contributed by atoms with Crippen LogP contribution in [0.5, 0.6) is 0 Å². The second-order valence-electron chi connectivity index (χ2n) is 6.99. The Labute approximate surface area is 197 Å². The number of nitrogens with zero attached hydrogens (tertiary/aromatic N) is 1. The molecule has 2 amide bonds. The minimum absolute atomic E-state index is 0.177. The number of hydrogen-bond acceptors (Lipinski definition) is 5. The first-order valence-electron chi connectivity index (χ1n) is 8.98. The number of carbonyl (C=O) groups is 4. The fourth-order valence-electron chi connectivity index (χ4n) is 3.08. The largest absolute Gasteiger partial charge is 0.456 e. The molecule has 1 aliphatic rings. The van der Waals surface area contributed by atoms with Crippen LogP contribution < -0.4 is 0 Å². The van der Waals surface area contributed by atoms with Crippen LogP contribution in [0.1, 0.15) is 49.1 Å². The van der Waals surface area contributed by atoms with Gasteiger partial charge in [0.15, 0.2) is 12.4 Å². The predicted octanol–water partition coefficient (Wildman–Crippen LogP) is 5.33. The number of aryl methyl sites for hydroxylation is 2. The monoisotopic (exact) mass is 501 g/mol. The molecule has 0 N–H and O–H groups in total. The highest BCUT2D eigenvalue weighted by Gasteiger charge is 2.45. The Bertz CT molecular complexity index is 1110. The molecule has 0 aromatic heterocycles. The van der Waals surface area contributed by atoms with E-state index in [1.165, 1.54) is 6.92 Å². The van der Waals surface area contributed by atoms with Crippen molar-refractivity contribution in [3.63, 3.8) is 0 Å². The zero-order valence-electron chi connectivity index (χ0n) is 16.5. The molecule has 31 heavy (non-hydrogen) atoms. The third kappa shape index (κ3) is 4.05. The van der Waals surface area contributed by atoms with Crippen molar-refractivity contribution in [3.05, 3.63) is 66.1 Å². The molecule has 162 valence electrons. The number of hydrogen-bond donors (Lipinski definition) is 0. The average molecular weight is 503 g/mol. The van der Waals surface area contributed by atoms with E-state index >= 15 is 0 Å². The molecule has 2 aromatic carbocycles. The molecule has 0 saturated carbocycles. The lowest BCUT2D eigenvalue weighted by molar-refractivity contribution is -0.146. The van der Waals surface area contributed by atoms with Crippen LogP contribution >= 0.6 is 46.4 Å². The van der Waals surface area contributed by atoms with Crippen molar-refractivity contribution in [2.45, 2.75) is 26.8 Å². The van der Waals surface area contributed by atoms with Crippen LogP contribution in [0.3, 0.4) is 0 Å². The lowest BCUT2D eigenvalue weighted by Gasteiger charge is -2.20. The number of ether oxygens (including phenoxy) is 1. The summed E-state index contributed by atoms with van der Waals surface area (Å²) >= 11 is 24.1. The molecular weight excluding hydrogens is 488 g/mol. The summed E-state index contributed by atoms with van der Waals surface area (Å²) in [5.41, 5.74) is 1.84. The summed E-state index contributed by atoms with van der Waals surface area (Å²) in [7, 11) is 0. The van der Waals surface area contributed by atoms with Crippen LogP contribution in [0.25, 0.3) is 0 Å². The highest BCUT2D eigenvalue weighted by molar-refractivity contribution is 6.55. The second-order valence-corrected chi connectivity index (χ2v) is 8.50. The van der Waals surface area contributed by atoms with Crippen LogP contribution in [0.2, 0.25) is 20.1 Å². The maximum Gasteiger partial charge on any atom is 0.329 e. The van der Waals surface area contributed by atoms with E-state index in [4.69, 9.17) is 51.1 Å². The Morgan fingerprint density at radius 2 is 1.42 bits per heavy atom. The molecule has 0 bridgehead atoms. The maximum atomic E-state index is 12.8. The summed E-state index contributed by atoms with van der Waals surface area (Å²) in [5.74, 6) is -3.10. The van der Waals surface area contributed by atoms with E-state index in [2.05, 4.69) is 0 Å². The number of Topliss-reactive ketones (excluding diaryl/α,β-unsaturated/α-hetero) is 1. The van der Waals surface area contributed by atoms with Gasteiger partial charge in [-0.05, 0) is 38.0 Å². The SMILES string of the molecule is Cc1ccc(C(=O)COC(=O)[C@@H](C)N2C(=O)c3c(Cl)c(Cl)c(Cl)c(Cl)c3C2=O)cc1C. The van der Waals surface area contributed by atoms with Crippen molar-refractivity contribution >= 4 is 70.0 Å². The molecule has 1 heterocycles. The predicted molar refractivity (Wildman–Crippen MR) is 118 cm³/mol. The Kier molecular flexibility index (Phi) is 6.67. The lowest BCUT2D eigenvalue weighted by atomic mass is 10.0. The van der Waals surface area contributed by atoms with Gasteiger partial charge < -0.3 is 4.74 Å². The molecule has 0 fully saturated rings. The third-order valence-corrected chi connectivity index (χ3v) is 6.84. The van der Waals surface area contributed by atoms with Crippen LogP contribution in [-0.2, 0) is 9.53 Å². The van der Waals surface area contributed by atoms with Crippen molar-refractivity contribution in [1.29, 1.82) is 0 Å². The highest BCUT2D eigenvalue weighted by Crippen LogP contribution is 2.45. The fourth-order valence-corrected chi connectivity index (χ4v) is 4.09. The summed E-state index contributed by atoms with van der Waals surface area (Å²) in [6.07, 6.45) is 0. The van der Waals surface area contributed by atoms with Crippen LogP contribution in [0.15, 0.2) is 18.2 Å². The van der Waals surface area contributed by atoms with E-state index in [1.807, 2.05) is 13.8 Å². The zero-order valence-corrected chi connectivity index (χ0v) is 19.5. The number of benzene rings is 2. The van der Waals surface area contributed by atoms with Gasteiger partial charge in [-0.3, -0.25) is 19.3 Å². The Morgan fingerprint density at radius 1 is 0.903 bits per heavy atom. The minimum atomic E-state index is -1.34. The van der Waals surface area contributed by atoms with Gasteiger partial charge in [-0.15, -0.1) is 0 Å². The fraction of sp³-hybridized carbons (Fsp3) is 0.238. The molecule has 3 rings (SSSR count). The smallest absolute Gasteiger partial charge is 0.329 e. The molecule has 0 unspecified atom stereocenters. The number of rotatable bonds is 5. The van der Waals surface area contributed by atoms with Crippen LogP contribution in [0.4, 0.5) is 0 Å². The number of amides is 2. The van der Waals surface area contributed by atoms with Gasteiger partial charge in [0.2, 0.25) is 0 Å². The molecule has 1 aliphatic heterocycles. The molecule has 2 aromatic rings. The van der Waals surface area contributed by atoms with Gasteiger partial charge in [0.1, 0.15) is 6.04 Å². The van der Waals surface area contributed by atoms with E-state index in [9.17, 15) is 19.2 Å². The van der Waals surface area contributed by atoms with Gasteiger partial charge in [0.25, 0.3) is 11.8 Å². The molecular formula is C21H15Cl4NO5. The lowest BCUT2D eigenvalue weighted by Crippen LogP contribution is -2.44. The van der Waals surface area contributed by atoms with E-state index < -0.39 is 36.2 Å². The van der Waals surface area contributed by atoms with Gasteiger partial charge in [0, 0.05) is 5.56 Å². The van der Waals surface area contributed by atoms with Gasteiger partial charge in [-0.1, -0.05) is 58.5 Å². The summed E-state index contributed by atoms with van der Waals surface area (Å²) in [5, 5.41) is -0.830. The number of carbonyl (C=O) groups excluding carboxylic acids is 4. The maximum absolute atomic E-state index is 12.8. The molecule has 0 radical (unpaired) electrons. The first-order valence-corrected chi connectivity index (χ1v) is 10.5. The highest BCUT2D eigenvalue weighted by atomic mass is 35.5. The average Bonchev–Trinajstić information content (AvgIpc) is 3.00. The molecule has 0 saturated heterocycles. The second kappa shape index (κ2) is 8.79. The van der Waals surface area contributed by atoms with Gasteiger partial charge >= 0.3 is 5.97 Å². The number of imide groups is 1. The summed E-state index contributed by atoms with van der Waals surface area (Å²) in [6.45, 7) is 4.51. The Balaban J connectivity index is 1.78. The van der Waals surface area contributed by atoms with Crippen molar-refractivity contribution in [3.8, 4) is 0 Å². The number of esters is 1. The van der Waals surface area contributed by atoms with Gasteiger partial charge in [-0.2, -0.15) is 0 Å². The molecule has 6 nitrogen and oxygen atoms in total. The van der Waals surface area contributed by atoms with E-state index in [0.29, 0.717) is 10.5 Å². The van der Waals surface area contributed by atoms with Gasteiger partial charge in [-0.25, -0.2) is 4.79 Å². The minimum Gasteiger partial charge on any atom is -0.456 e. The van der Waals surface area contributed by atoms with Crippen molar-refractivity contribution < 1.29 is 23.9 Å². The van der Waals surface area contributed by atoms with Crippen LogP contribution in [-0.4, -0.2) is 41.1 Å². The topological polar surface area (TPSA) is 80.8 Å². The van der Waals surface area contributed by atoms with Gasteiger partial charge in [0.05, 0.1) is 31.2 Å². The quantitative estimate of drug-likeness (QED) is 0.181. The standard InChI is InChI=1S/C21H15Cl4NO5/c1-8-4-5-11(6-9(8)2)12(27)7-31-21(30)10(3)26-19(28)13-14(20(26)29)16(23)18(25)17(24)15(13)22/h4-6,10H,7H2,1-3H3/t10-/m1/s1. The normalized spacial score (nSPS) is 14.0. The molecule has 0 spiro atoms. The number of halogens is 4. The Hall–Kier alpha value is -2.12. The summed E-state index contributed by atoms with van der Waals surface area (Å²) < 4.78 is 5.05. The summed E-state index contributed by atoms with van der Waals surface area (Å²) in [6, 6.07) is 3.76. The van der Waals surface area contributed by atoms with Crippen molar-refractivity contribution in [1.82, 2.24) is 4.90 Å². The van der Waals surface area contributed by atoms with E-state index in [0.717, 1.165) is 11.1 Å². The zero-order chi connectivity index (χ0) is 23.2. The van der Waals surface area contributed by atoms with Crippen molar-refractivity contribution in [2.75, 3.05) is 6.61 Å². The van der Waals surface area contributed by atoms with Crippen molar-refractivity contribution in [2.24, 2.45) is 0 Å². The molecule has 1 atom stereocenters. The Morgan fingerprint density at radius 3 is 1.90 bits per heavy atom. The molecule has 0 aliphatic carbocycles. The third-order valence-electron chi connectivity index (χ3n) is 5.04. The number of fused-ring (bicyclic) bond motifs is 1. The number of ketones is 1. The van der Waals surface area contributed by atoms with E-state index in [1.54, 1.807) is 18.2 Å². The first-order chi connectivity index (χ1) is 14.5. The van der Waals surface area contributed by atoms with E-state index in [-0.39, 0.29) is 31.2 Å².